The van der Waals surface area contributed by atoms with Crippen LogP contribution in [-0.2, 0) is 9.53 Å². The second kappa shape index (κ2) is 9.19. The summed E-state index contributed by atoms with van der Waals surface area (Å²) >= 11 is 1.17. The van der Waals surface area contributed by atoms with Crippen LogP contribution in [0.25, 0.3) is 0 Å². The van der Waals surface area contributed by atoms with Gasteiger partial charge in [-0.2, -0.15) is 0 Å². The normalized spacial score (nSPS) is 10.6. The van der Waals surface area contributed by atoms with Gasteiger partial charge in [0.05, 0.1) is 12.4 Å². The van der Waals surface area contributed by atoms with Crippen molar-refractivity contribution in [2.24, 2.45) is 0 Å². The fourth-order valence-corrected chi connectivity index (χ4v) is 3.01. The number of hydrogen-bond acceptors (Lipinski definition) is 7. The van der Waals surface area contributed by atoms with Crippen LogP contribution in [-0.4, -0.2) is 40.2 Å². The summed E-state index contributed by atoms with van der Waals surface area (Å²) < 4.78 is 4.89. The maximum atomic E-state index is 12.6. The zero-order chi connectivity index (χ0) is 19.1. The van der Waals surface area contributed by atoms with E-state index in [1.807, 2.05) is 44.2 Å². The van der Waals surface area contributed by atoms with Gasteiger partial charge in [-0.05, 0) is 32.9 Å². The molecule has 0 bridgehead atoms. The molecule has 26 heavy (non-hydrogen) atoms. The number of hydrogen-bond donors (Lipinski definition) is 1. The summed E-state index contributed by atoms with van der Waals surface area (Å²) in [7, 11) is 0. The molecule has 7 nitrogen and oxygen atoms in total. The van der Waals surface area contributed by atoms with Crippen molar-refractivity contribution < 1.29 is 14.3 Å². The molecule has 0 radical (unpaired) electrons. The Morgan fingerprint density at radius 2 is 1.96 bits per heavy atom. The van der Waals surface area contributed by atoms with Crippen LogP contribution in [0.3, 0.4) is 0 Å². The predicted molar refractivity (Wildman–Crippen MR) is 102 cm³/mol. The highest BCUT2D eigenvalue weighted by molar-refractivity contribution is 7.99. The van der Waals surface area contributed by atoms with E-state index in [1.165, 1.54) is 18.0 Å². The van der Waals surface area contributed by atoms with E-state index in [9.17, 15) is 9.59 Å². The van der Waals surface area contributed by atoms with Crippen molar-refractivity contribution in [3.05, 3.63) is 42.1 Å². The molecule has 1 amide bonds. The maximum absolute atomic E-state index is 12.6. The molecule has 0 spiro atoms. The van der Waals surface area contributed by atoms with Crippen LogP contribution in [0.1, 0.15) is 31.1 Å². The van der Waals surface area contributed by atoms with Crippen LogP contribution in [0, 0.1) is 0 Å². The van der Waals surface area contributed by atoms with Crippen LogP contribution in [0.2, 0.25) is 0 Å². The Morgan fingerprint density at radius 3 is 2.54 bits per heavy atom. The summed E-state index contributed by atoms with van der Waals surface area (Å²) in [6.07, 6.45) is 1.32. The average Bonchev–Trinajstić information content (AvgIpc) is 2.61. The fraction of sp³-hybridized carbons (Fsp3) is 0.333. The Balaban J connectivity index is 2.06. The summed E-state index contributed by atoms with van der Waals surface area (Å²) in [6.45, 7) is 5.86. The van der Waals surface area contributed by atoms with E-state index in [1.54, 1.807) is 11.8 Å². The molecular weight excluding hydrogens is 352 g/mol. The minimum atomic E-state index is -0.562. The predicted octanol–water partition coefficient (Wildman–Crippen LogP) is 2.77. The summed E-state index contributed by atoms with van der Waals surface area (Å²) in [6, 6.07) is 9.49. The quantitative estimate of drug-likeness (QED) is 0.452. The van der Waals surface area contributed by atoms with E-state index in [-0.39, 0.29) is 35.7 Å². The smallest absolute Gasteiger partial charge is 0.343 e. The molecule has 0 fully saturated rings. The molecule has 0 aliphatic rings. The Morgan fingerprint density at radius 1 is 1.27 bits per heavy atom. The van der Waals surface area contributed by atoms with E-state index in [0.717, 1.165) is 5.69 Å². The molecule has 0 aliphatic carbocycles. The largest absolute Gasteiger partial charge is 0.462 e. The van der Waals surface area contributed by atoms with Crippen molar-refractivity contribution in [3.63, 3.8) is 0 Å². The number of carbonyl (C=O) groups excluding carboxylic acids is 2. The van der Waals surface area contributed by atoms with Gasteiger partial charge in [0.15, 0.2) is 5.16 Å². The van der Waals surface area contributed by atoms with Gasteiger partial charge in [-0.3, -0.25) is 4.79 Å². The highest BCUT2D eigenvalue weighted by Crippen LogP contribution is 2.21. The summed E-state index contributed by atoms with van der Waals surface area (Å²) in [5.74, 6) is -0.427. The zero-order valence-electron chi connectivity index (χ0n) is 15.0. The SMILES string of the molecule is CCOC(=O)c1cnc(SCC(=O)N(c2ccccc2)C(C)C)nc1N. The number of rotatable bonds is 7. The number of aromatic nitrogens is 2. The number of nitrogens with zero attached hydrogens (tertiary/aromatic N) is 3. The van der Waals surface area contributed by atoms with Crippen LogP contribution in [0.5, 0.6) is 0 Å². The standard InChI is InChI=1S/C18H22N4O3S/c1-4-25-17(24)14-10-20-18(21-16(14)19)26-11-15(23)22(12(2)3)13-8-6-5-7-9-13/h5-10,12H,4,11H2,1-3H3,(H2,19,20,21). The molecule has 1 heterocycles. The molecule has 0 unspecified atom stereocenters. The Bertz CT molecular complexity index is 768. The van der Waals surface area contributed by atoms with Gasteiger partial charge < -0.3 is 15.4 Å². The van der Waals surface area contributed by atoms with E-state index in [0.29, 0.717) is 5.16 Å². The number of nitrogen functional groups attached to an aromatic ring is 1. The van der Waals surface area contributed by atoms with Gasteiger partial charge in [0.1, 0.15) is 11.4 Å². The third-order valence-electron chi connectivity index (χ3n) is 3.44. The number of nitrogens with two attached hydrogens (primary N) is 1. The Labute approximate surface area is 157 Å². The number of para-hydroxylation sites is 1. The van der Waals surface area contributed by atoms with Crippen LogP contribution in [0.4, 0.5) is 11.5 Å². The number of esters is 1. The van der Waals surface area contributed by atoms with Crippen LogP contribution >= 0.6 is 11.8 Å². The first kappa shape index (κ1) is 19.7. The molecule has 0 aliphatic heterocycles. The third-order valence-corrected chi connectivity index (χ3v) is 4.28. The topological polar surface area (TPSA) is 98.4 Å². The molecule has 2 aromatic rings. The minimum absolute atomic E-state index is 0.0164. The molecule has 1 aromatic heterocycles. The van der Waals surface area contributed by atoms with Gasteiger partial charge in [0.25, 0.3) is 0 Å². The van der Waals surface area contributed by atoms with Crippen LogP contribution < -0.4 is 10.6 Å². The van der Waals surface area contributed by atoms with Gasteiger partial charge >= 0.3 is 5.97 Å². The van der Waals surface area contributed by atoms with E-state index in [4.69, 9.17) is 10.5 Å². The number of carbonyl (C=O) groups is 2. The number of benzene rings is 1. The fourth-order valence-electron chi connectivity index (χ4n) is 2.33. The van der Waals surface area contributed by atoms with E-state index in [2.05, 4.69) is 9.97 Å². The van der Waals surface area contributed by atoms with Gasteiger partial charge in [-0.25, -0.2) is 14.8 Å². The van der Waals surface area contributed by atoms with Crippen molar-refractivity contribution in [3.8, 4) is 0 Å². The molecule has 1 aromatic carbocycles. The number of ether oxygens (including phenoxy) is 1. The van der Waals surface area contributed by atoms with Gasteiger partial charge in [-0.1, -0.05) is 30.0 Å². The number of amides is 1. The van der Waals surface area contributed by atoms with Gasteiger partial charge in [-0.15, -0.1) is 0 Å². The second-order valence-corrected chi connectivity index (χ2v) is 6.60. The first-order valence-corrected chi connectivity index (χ1v) is 9.22. The van der Waals surface area contributed by atoms with Crippen molar-refractivity contribution >= 4 is 35.1 Å². The number of anilines is 2. The molecule has 0 atom stereocenters. The Kier molecular flexibility index (Phi) is 6.97. The molecule has 138 valence electrons. The summed E-state index contributed by atoms with van der Waals surface area (Å²) in [4.78, 5) is 34.3. The lowest BCUT2D eigenvalue weighted by Crippen LogP contribution is -2.38. The van der Waals surface area contributed by atoms with E-state index >= 15 is 0 Å². The molecular formula is C18H22N4O3S. The van der Waals surface area contributed by atoms with Crippen molar-refractivity contribution in [1.29, 1.82) is 0 Å². The monoisotopic (exact) mass is 374 g/mol. The molecule has 0 saturated carbocycles. The molecule has 8 heteroatoms. The first-order valence-electron chi connectivity index (χ1n) is 8.23. The zero-order valence-corrected chi connectivity index (χ0v) is 15.8. The van der Waals surface area contributed by atoms with Gasteiger partial charge in [0.2, 0.25) is 5.91 Å². The van der Waals surface area contributed by atoms with Crippen molar-refractivity contribution in [1.82, 2.24) is 9.97 Å². The third kappa shape index (κ3) is 4.95. The highest BCUT2D eigenvalue weighted by Gasteiger charge is 2.20. The summed E-state index contributed by atoms with van der Waals surface area (Å²) in [5.41, 5.74) is 6.76. The van der Waals surface area contributed by atoms with Crippen molar-refractivity contribution in [2.75, 3.05) is 23.0 Å². The Hall–Kier alpha value is -2.61. The van der Waals surface area contributed by atoms with E-state index < -0.39 is 5.97 Å². The molecule has 0 saturated heterocycles. The highest BCUT2D eigenvalue weighted by atomic mass is 32.2. The van der Waals surface area contributed by atoms with Crippen LogP contribution in [0.15, 0.2) is 41.7 Å². The van der Waals surface area contributed by atoms with Gasteiger partial charge in [0, 0.05) is 17.9 Å². The minimum Gasteiger partial charge on any atom is -0.462 e. The summed E-state index contributed by atoms with van der Waals surface area (Å²) in [5, 5.41) is 0.334. The second-order valence-electron chi connectivity index (χ2n) is 5.65. The lowest BCUT2D eigenvalue weighted by atomic mass is 10.2. The lowest BCUT2D eigenvalue weighted by molar-refractivity contribution is -0.116. The number of thioether (sulfide) groups is 1. The first-order chi connectivity index (χ1) is 12.4. The molecule has 2 N–H and O–H groups in total. The van der Waals surface area contributed by atoms with Crippen molar-refractivity contribution in [2.45, 2.75) is 32.0 Å². The lowest BCUT2D eigenvalue weighted by Gasteiger charge is -2.26. The maximum Gasteiger partial charge on any atom is 0.343 e. The molecule has 2 rings (SSSR count). The average molecular weight is 374 g/mol.